The van der Waals surface area contributed by atoms with Gasteiger partial charge in [-0.2, -0.15) is 5.26 Å². The van der Waals surface area contributed by atoms with Gasteiger partial charge in [-0.3, -0.25) is 4.79 Å². The van der Waals surface area contributed by atoms with Gasteiger partial charge in [0.15, 0.2) is 0 Å². The van der Waals surface area contributed by atoms with Gasteiger partial charge in [0.25, 0.3) is 0 Å². The highest BCUT2D eigenvalue weighted by atomic mass is 127. The fourth-order valence-electron chi connectivity index (χ4n) is 1.91. The van der Waals surface area contributed by atoms with Crippen molar-refractivity contribution >= 4 is 69.0 Å². The number of allylic oxidation sites excluding steroid dienone is 1. The number of anilines is 1. The predicted molar refractivity (Wildman–Crippen MR) is 110 cm³/mol. The quantitative estimate of drug-likeness (QED) is 0.243. The minimum atomic E-state index is -0.320. The van der Waals surface area contributed by atoms with Crippen LogP contribution in [0, 0.1) is 14.9 Å². The SMILES string of the molecule is CSC(Nc1ccc(Cl)c(Cl)c1)=C(C#N)C(=O)c1ccccc1I. The lowest BCUT2D eigenvalue weighted by Crippen LogP contribution is -2.10. The molecule has 1 N–H and O–H groups in total. The molecule has 0 aromatic heterocycles. The number of halogens is 3. The Labute approximate surface area is 168 Å². The molecular formula is C17H11Cl2IN2OS. The predicted octanol–water partition coefficient (Wildman–Crippen LogP) is 5.99. The Morgan fingerprint density at radius 1 is 1.21 bits per heavy atom. The zero-order chi connectivity index (χ0) is 17.7. The summed E-state index contributed by atoms with van der Waals surface area (Å²) >= 11 is 15.3. The van der Waals surface area contributed by atoms with Gasteiger partial charge in [-0.1, -0.05) is 35.3 Å². The van der Waals surface area contributed by atoms with Gasteiger partial charge in [0.05, 0.1) is 15.1 Å². The van der Waals surface area contributed by atoms with E-state index < -0.39 is 0 Å². The molecule has 2 aromatic carbocycles. The van der Waals surface area contributed by atoms with Crippen molar-refractivity contribution in [2.24, 2.45) is 0 Å². The lowest BCUT2D eigenvalue weighted by molar-refractivity contribution is 0.103. The molecule has 122 valence electrons. The molecule has 0 spiro atoms. The van der Waals surface area contributed by atoms with Crippen molar-refractivity contribution in [3.63, 3.8) is 0 Å². The first-order valence-electron chi connectivity index (χ1n) is 6.67. The topological polar surface area (TPSA) is 52.9 Å². The average Bonchev–Trinajstić information content (AvgIpc) is 2.58. The molecule has 0 aliphatic rings. The van der Waals surface area contributed by atoms with Gasteiger partial charge in [0.1, 0.15) is 11.6 Å². The molecule has 7 heteroatoms. The molecule has 0 saturated carbocycles. The number of carbonyl (C=O) groups excluding carboxylic acids is 1. The van der Waals surface area contributed by atoms with Crippen molar-refractivity contribution in [3.05, 3.63) is 72.2 Å². The van der Waals surface area contributed by atoms with Crippen molar-refractivity contribution in [1.29, 1.82) is 5.26 Å². The lowest BCUT2D eigenvalue weighted by atomic mass is 10.1. The summed E-state index contributed by atoms with van der Waals surface area (Å²) in [4.78, 5) is 12.7. The van der Waals surface area contributed by atoms with Gasteiger partial charge in [-0.25, -0.2) is 0 Å². The van der Waals surface area contributed by atoms with Crippen LogP contribution in [0.25, 0.3) is 0 Å². The maximum atomic E-state index is 12.7. The Morgan fingerprint density at radius 2 is 1.92 bits per heavy atom. The Bertz CT molecular complexity index is 862. The van der Waals surface area contributed by atoms with Crippen molar-refractivity contribution < 1.29 is 4.79 Å². The number of nitrogens with one attached hydrogen (secondary N) is 1. The summed E-state index contributed by atoms with van der Waals surface area (Å²) in [6, 6.07) is 14.2. The summed E-state index contributed by atoms with van der Waals surface area (Å²) in [6.45, 7) is 0. The third kappa shape index (κ3) is 4.45. The smallest absolute Gasteiger partial charge is 0.207 e. The monoisotopic (exact) mass is 488 g/mol. The van der Waals surface area contributed by atoms with Crippen LogP contribution < -0.4 is 5.32 Å². The standard InChI is InChI=1S/C17H11Cl2IN2OS/c1-24-17(22-10-6-7-13(18)14(19)8-10)12(9-21)16(23)11-4-2-3-5-15(11)20/h2-8,22H,1H3. The zero-order valence-corrected chi connectivity index (χ0v) is 16.9. The van der Waals surface area contributed by atoms with E-state index in [-0.39, 0.29) is 11.4 Å². The number of carbonyl (C=O) groups is 1. The van der Waals surface area contributed by atoms with Crippen LogP contribution in [0.1, 0.15) is 10.4 Å². The summed E-state index contributed by atoms with van der Waals surface area (Å²) in [5, 5.41) is 13.9. The average molecular weight is 489 g/mol. The van der Waals surface area contributed by atoms with Crippen molar-refractivity contribution in [3.8, 4) is 6.07 Å². The largest absolute Gasteiger partial charge is 0.349 e. The second kappa shape index (κ2) is 8.77. The lowest BCUT2D eigenvalue weighted by Gasteiger charge is -2.12. The highest BCUT2D eigenvalue weighted by Gasteiger charge is 2.19. The highest BCUT2D eigenvalue weighted by molar-refractivity contribution is 14.1. The van der Waals surface area contributed by atoms with E-state index in [0.29, 0.717) is 26.3 Å². The van der Waals surface area contributed by atoms with E-state index >= 15 is 0 Å². The van der Waals surface area contributed by atoms with E-state index in [1.54, 1.807) is 36.6 Å². The van der Waals surface area contributed by atoms with Gasteiger partial charge in [0.2, 0.25) is 5.78 Å². The molecule has 0 amide bonds. The zero-order valence-electron chi connectivity index (χ0n) is 12.4. The molecule has 0 atom stereocenters. The maximum Gasteiger partial charge on any atom is 0.207 e. The Kier molecular flexibility index (Phi) is 6.99. The summed E-state index contributed by atoms with van der Waals surface area (Å²) in [7, 11) is 0. The van der Waals surface area contributed by atoms with Crippen LogP contribution in [0.4, 0.5) is 5.69 Å². The van der Waals surface area contributed by atoms with E-state index in [0.717, 1.165) is 3.57 Å². The second-order valence-electron chi connectivity index (χ2n) is 4.58. The Balaban J connectivity index is 2.42. The number of nitriles is 1. The fourth-order valence-corrected chi connectivity index (χ4v) is 3.40. The third-order valence-electron chi connectivity index (χ3n) is 3.07. The normalized spacial score (nSPS) is 11.5. The third-order valence-corrected chi connectivity index (χ3v) is 5.46. The molecule has 24 heavy (non-hydrogen) atoms. The van der Waals surface area contributed by atoms with Crippen LogP contribution in [0.2, 0.25) is 10.0 Å². The summed E-state index contributed by atoms with van der Waals surface area (Å²) in [5.41, 5.74) is 1.20. The van der Waals surface area contributed by atoms with Gasteiger partial charge in [-0.05, 0) is 59.2 Å². The van der Waals surface area contributed by atoms with Gasteiger partial charge in [0, 0.05) is 14.8 Å². The highest BCUT2D eigenvalue weighted by Crippen LogP contribution is 2.29. The molecular weight excluding hydrogens is 478 g/mol. The minimum absolute atomic E-state index is 0.0534. The second-order valence-corrected chi connectivity index (χ2v) is 7.38. The number of Topliss-reactive ketones (excluding diaryl/α,β-unsaturated/α-hetero) is 1. The molecule has 0 bridgehead atoms. The number of nitrogens with zero attached hydrogens (tertiary/aromatic N) is 1. The number of ketones is 1. The van der Waals surface area contributed by atoms with Crippen LogP contribution >= 0.6 is 57.6 Å². The first kappa shape index (κ1) is 19.1. The van der Waals surface area contributed by atoms with Gasteiger partial charge >= 0.3 is 0 Å². The molecule has 0 aliphatic carbocycles. The van der Waals surface area contributed by atoms with E-state index in [1.807, 2.05) is 18.2 Å². The van der Waals surface area contributed by atoms with E-state index in [9.17, 15) is 10.1 Å². The number of hydrogen-bond donors (Lipinski definition) is 1. The molecule has 0 fully saturated rings. The maximum absolute atomic E-state index is 12.7. The van der Waals surface area contributed by atoms with Crippen LogP contribution in [-0.4, -0.2) is 12.0 Å². The van der Waals surface area contributed by atoms with Crippen LogP contribution in [-0.2, 0) is 0 Å². The Morgan fingerprint density at radius 3 is 2.50 bits per heavy atom. The molecule has 2 rings (SSSR count). The molecule has 0 unspecified atom stereocenters. The van der Waals surface area contributed by atoms with E-state index in [1.165, 1.54) is 11.8 Å². The molecule has 0 radical (unpaired) electrons. The number of hydrogen-bond acceptors (Lipinski definition) is 4. The summed E-state index contributed by atoms with van der Waals surface area (Å²) in [6.07, 6.45) is 1.79. The minimum Gasteiger partial charge on any atom is -0.349 e. The molecule has 3 nitrogen and oxygen atoms in total. The molecule has 0 saturated heterocycles. The van der Waals surface area contributed by atoms with Gasteiger partial charge < -0.3 is 5.32 Å². The molecule has 0 heterocycles. The fraction of sp³-hybridized carbons (Fsp3) is 0.0588. The van der Waals surface area contributed by atoms with Crippen LogP contribution in [0.15, 0.2) is 53.1 Å². The van der Waals surface area contributed by atoms with E-state index in [4.69, 9.17) is 23.2 Å². The van der Waals surface area contributed by atoms with E-state index in [2.05, 4.69) is 27.9 Å². The van der Waals surface area contributed by atoms with Crippen LogP contribution in [0.5, 0.6) is 0 Å². The first-order chi connectivity index (χ1) is 11.5. The van der Waals surface area contributed by atoms with Gasteiger partial charge in [-0.15, -0.1) is 11.8 Å². The number of benzene rings is 2. The van der Waals surface area contributed by atoms with Crippen molar-refractivity contribution in [2.75, 3.05) is 11.6 Å². The Hall–Kier alpha value is -1.20. The molecule has 0 aliphatic heterocycles. The molecule has 2 aromatic rings. The summed E-state index contributed by atoms with van der Waals surface area (Å²) < 4.78 is 0.794. The number of thioether (sulfide) groups is 1. The van der Waals surface area contributed by atoms with Crippen LogP contribution in [0.3, 0.4) is 0 Å². The summed E-state index contributed by atoms with van der Waals surface area (Å²) in [5.74, 6) is -0.320. The van der Waals surface area contributed by atoms with Crippen molar-refractivity contribution in [1.82, 2.24) is 0 Å². The van der Waals surface area contributed by atoms with Crippen molar-refractivity contribution in [2.45, 2.75) is 0 Å². The number of rotatable bonds is 5. The first-order valence-corrected chi connectivity index (χ1v) is 9.73.